The fourth-order valence-electron chi connectivity index (χ4n) is 8.72. The Labute approximate surface area is 395 Å². The summed E-state index contributed by atoms with van der Waals surface area (Å²) in [6.45, 7) is 0. The second-order valence-corrected chi connectivity index (χ2v) is 20.7. The molecule has 9 heteroatoms. The van der Waals surface area contributed by atoms with E-state index in [1.54, 1.807) is 0 Å². The number of fused-ring (bicyclic) bond motifs is 8. The summed E-state index contributed by atoms with van der Waals surface area (Å²) in [5.74, 6) is 0. The summed E-state index contributed by atoms with van der Waals surface area (Å²) in [4.78, 5) is 18.9. The minimum absolute atomic E-state index is 0. The van der Waals surface area contributed by atoms with Crippen molar-refractivity contribution in [3.8, 4) is 44.5 Å². The molecule has 65 heavy (non-hydrogen) atoms. The predicted molar refractivity (Wildman–Crippen MR) is 279 cm³/mol. The van der Waals surface area contributed by atoms with Crippen molar-refractivity contribution in [1.82, 2.24) is 37.9 Å². The molecule has 0 amide bonds. The smallest absolute Gasteiger partial charge is 0.354 e. The van der Waals surface area contributed by atoms with Gasteiger partial charge in [-0.15, -0.1) is 0 Å². The molecule has 0 aliphatic carbocycles. The molecule has 0 radical (unpaired) electrons. The van der Waals surface area contributed by atoms with Crippen molar-refractivity contribution in [3.05, 3.63) is 144 Å². The van der Waals surface area contributed by atoms with Crippen LogP contribution in [0.15, 0.2) is 121 Å². The Morgan fingerprint density at radius 3 is 0.754 bits per heavy atom. The maximum atomic E-state index is 5.53. The summed E-state index contributed by atoms with van der Waals surface area (Å²) in [5, 5.41) is 0. The normalized spacial score (nSPS) is 13.0. The van der Waals surface area contributed by atoms with Gasteiger partial charge in [-0.05, 0) is 168 Å². The van der Waals surface area contributed by atoms with Crippen LogP contribution in [-0.4, -0.2) is 105 Å². The van der Waals surface area contributed by atoms with Crippen molar-refractivity contribution in [1.29, 1.82) is 0 Å². The summed E-state index contributed by atoms with van der Waals surface area (Å²) in [5.41, 5.74) is 20.9. The Morgan fingerprint density at radius 2 is 0.492 bits per heavy atom. The van der Waals surface area contributed by atoms with Crippen LogP contribution in [0, 0.1) is 0 Å². The molecular weight excluding hydrogens is 840 g/mol. The zero-order chi connectivity index (χ0) is 45.3. The van der Waals surface area contributed by atoms with Gasteiger partial charge in [0.25, 0.3) is 0 Å². The van der Waals surface area contributed by atoms with Crippen LogP contribution in [0.1, 0.15) is 22.8 Å². The molecule has 5 heterocycles. The standard InChI is InChI=1S/C56H62N8.Mn/c1-61(2,3)41-21-13-37(14-22-41)53-45-29-31-47(57-45)54(38-15-23-42(24-16-38)62(4,5)6)49-33-35-51(59-49)56(40-19-27-44(28-20-40)64(10,11)12)52-36-34-50(60-52)55(48-32-30-46(53)58-48)39-17-25-43(26-18-39)63(7,8)9;/h13-36,57-58H,1-12H3;/q+4;+3. The first-order chi connectivity index (χ1) is 30.2. The van der Waals surface area contributed by atoms with Crippen LogP contribution in [0.4, 0.5) is 22.7 Å². The monoisotopic (exact) mass is 901 g/mol. The molecule has 8 nitrogen and oxygen atoms in total. The maximum Gasteiger partial charge on any atom is 3.00 e. The van der Waals surface area contributed by atoms with Crippen molar-refractivity contribution in [2.24, 2.45) is 0 Å². The van der Waals surface area contributed by atoms with E-state index in [9.17, 15) is 0 Å². The molecule has 0 saturated heterocycles. The molecule has 8 bridgehead atoms. The van der Waals surface area contributed by atoms with Gasteiger partial charge in [0.05, 0.1) is 107 Å². The van der Waals surface area contributed by atoms with Gasteiger partial charge >= 0.3 is 17.1 Å². The van der Waals surface area contributed by atoms with Crippen LogP contribution < -0.4 is 17.9 Å². The molecule has 2 N–H and O–H groups in total. The van der Waals surface area contributed by atoms with Gasteiger partial charge in [-0.2, -0.15) is 0 Å². The molecule has 326 valence electrons. The Hall–Kier alpha value is -6.16. The number of H-pyrrole nitrogens is 2. The Balaban J connectivity index is 0.00000576. The van der Waals surface area contributed by atoms with E-state index in [1.165, 1.54) is 22.7 Å². The van der Waals surface area contributed by atoms with Crippen molar-refractivity contribution >= 4 is 69.1 Å². The minimum Gasteiger partial charge on any atom is -0.354 e. The largest absolute Gasteiger partial charge is 3.00 e. The SMILES string of the molecule is C[N+](C)(C)c1ccc(-c2c3nc(c(-c4ccc([N+](C)(C)C)cc4)c4ccc([nH]4)c(-c4ccc([N+](C)(C)C)cc4)c4ccc([nH]4)c(-c4ccc([N+](C)(C)C)cc4)c4nc2C=C4)C=C3)cc1.[Mn+3]. The van der Waals surface area contributed by atoms with E-state index in [4.69, 9.17) is 9.97 Å². The van der Waals surface area contributed by atoms with E-state index < -0.39 is 0 Å². The van der Waals surface area contributed by atoms with Crippen molar-refractivity contribution < 1.29 is 17.1 Å². The second-order valence-electron chi connectivity index (χ2n) is 20.7. The zero-order valence-corrected chi connectivity index (χ0v) is 41.1. The number of aromatic amines is 2. The van der Waals surface area contributed by atoms with Crippen LogP contribution in [0.5, 0.6) is 0 Å². The first kappa shape index (κ1) is 45.4. The van der Waals surface area contributed by atoms with E-state index in [0.717, 1.165) is 107 Å². The first-order valence-corrected chi connectivity index (χ1v) is 22.1. The fourth-order valence-corrected chi connectivity index (χ4v) is 8.72. The van der Waals surface area contributed by atoms with Gasteiger partial charge in [-0.1, -0.05) is 0 Å². The van der Waals surface area contributed by atoms with E-state index in [1.807, 2.05) is 0 Å². The molecule has 0 spiro atoms. The van der Waals surface area contributed by atoms with Crippen molar-refractivity contribution in [3.63, 3.8) is 0 Å². The molecule has 9 rings (SSSR count). The van der Waals surface area contributed by atoms with Crippen molar-refractivity contribution in [2.45, 2.75) is 0 Å². The predicted octanol–water partition coefficient (Wildman–Crippen LogP) is 12.1. The van der Waals surface area contributed by atoms with Crippen LogP contribution in [0.3, 0.4) is 0 Å². The Morgan fingerprint density at radius 1 is 0.277 bits per heavy atom. The van der Waals surface area contributed by atoms with Crippen LogP contribution in [-0.2, 0) is 17.1 Å². The van der Waals surface area contributed by atoms with E-state index in [-0.39, 0.29) is 17.1 Å². The molecular formula is C56H62MnN8+7. The number of aromatic nitrogens is 4. The van der Waals surface area contributed by atoms with Crippen molar-refractivity contribution in [2.75, 3.05) is 84.6 Å². The van der Waals surface area contributed by atoms with Gasteiger partial charge in [0, 0.05) is 44.3 Å². The number of benzene rings is 4. The Kier molecular flexibility index (Phi) is 11.7. The number of hydrogen-bond acceptors (Lipinski definition) is 2. The third-order valence-corrected chi connectivity index (χ3v) is 12.5. The van der Waals surface area contributed by atoms with Gasteiger partial charge in [0.2, 0.25) is 0 Å². The molecule has 0 unspecified atom stereocenters. The Bertz CT molecular complexity index is 2990. The number of rotatable bonds is 8. The number of nitrogens with zero attached hydrogens (tertiary/aromatic N) is 6. The molecule has 0 saturated carbocycles. The summed E-state index contributed by atoms with van der Waals surface area (Å²) in [6.07, 6.45) is 8.65. The van der Waals surface area contributed by atoms with Gasteiger partial charge in [-0.3, -0.25) is 17.9 Å². The average molecular weight is 902 g/mol. The number of quaternary nitrogens is 4. The number of hydrogen-bond donors (Lipinski definition) is 2. The zero-order valence-electron chi connectivity index (χ0n) is 39.9. The molecule has 7 aromatic rings. The van der Waals surface area contributed by atoms with Crippen LogP contribution in [0.2, 0.25) is 0 Å². The van der Waals surface area contributed by atoms with Gasteiger partial charge < -0.3 is 9.97 Å². The topological polar surface area (TPSA) is 57.4 Å². The van der Waals surface area contributed by atoms with E-state index >= 15 is 0 Å². The average Bonchev–Trinajstić information content (AvgIpc) is 4.08. The molecule has 0 atom stereocenters. The summed E-state index contributed by atoms with van der Waals surface area (Å²) < 4.78 is 2.91. The maximum absolute atomic E-state index is 5.53. The summed E-state index contributed by atoms with van der Waals surface area (Å²) in [6, 6.07) is 44.6. The van der Waals surface area contributed by atoms with Gasteiger partial charge in [-0.25, -0.2) is 9.97 Å². The minimum atomic E-state index is 0. The third kappa shape index (κ3) is 8.96. The number of nitrogens with one attached hydrogen (secondary N) is 2. The van der Waals surface area contributed by atoms with E-state index in [0.29, 0.717) is 0 Å². The van der Waals surface area contributed by atoms with Gasteiger partial charge in [0.1, 0.15) is 22.7 Å². The molecule has 2 aliphatic heterocycles. The molecule has 0 fully saturated rings. The molecule has 2 aliphatic rings. The van der Waals surface area contributed by atoms with Crippen LogP contribution in [0.25, 0.3) is 90.9 Å². The van der Waals surface area contributed by atoms with E-state index in [2.05, 4.69) is 240 Å². The quantitative estimate of drug-likeness (QED) is 0.118. The summed E-state index contributed by atoms with van der Waals surface area (Å²) in [7, 11) is 26.4. The third-order valence-electron chi connectivity index (χ3n) is 12.5. The first-order valence-electron chi connectivity index (χ1n) is 22.1. The molecule has 3 aromatic heterocycles. The van der Waals surface area contributed by atoms with Crippen LogP contribution >= 0.6 is 0 Å². The summed E-state index contributed by atoms with van der Waals surface area (Å²) >= 11 is 0. The molecule has 4 aromatic carbocycles. The van der Waals surface area contributed by atoms with Gasteiger partial charge in [0.15, 0.2) is 0 Å². The second kappa shape index (κ2) is 16.7. The fraction of sp³-hybridized carbons (Fsp3) is 0.214.